The van der Waals surface area contributed by atoms with E-state index < -0.39 is 20.1 Å². The summed E-state index contributed by atoms with van der Waals surface area (Å²) in [5.41, 5.74) is -0.0972. The normalized spacial score (nSPS) is 12.4. The monoisotopic (exact) mass is 234 g/mol. The van der Waals surface area contributed by atoms with E-state index in [0.717, 1.165) is 0 Å². The Morgan fingerprint density at radius 2 is 1.92 bits per heavy atom. The van der Waals surface area contributed by atoms with Crippen molar-refractivity contribution in [1.29, 1.82) is 0 Å². The van der Waals surface area contributed by atoms with Gasteiger partial charge in [0.1, 0.15) is 0 Å². The third kappa shape index (κ3) is 1.76. The molecule has 1 rings (SSSR count). The van der Waals surface area contributed by atoms with E-state index in [9.17, 15) is 8.63 Å². The van der Waals surface area contributed by atoms with Crippen molar-refractivity contribution in [1.82, 2.24) is 0 Å². The molecule has 1 unspecified atom stereocenters. The molecule has 0 fully saturated rings. The summed E-state index contributed by atoms with van der Waals surface area (Å²) in [6.07, 6.45) is 0. The number of rotatable bonds is 2. The zero-order valence-electron chi connectivity index (χ0n) is 5.93. The fourth-order valence-corrected chi connectivity index (χ4v) is 1.93. The van der Waals surface area contributed by atoms with Crippen LogP contribution in [0.2, 0.25) is 0 Å². The first-order chi connectivity index (χ1) is 5.63. The van der Waals surface area contributed by atoms with Crippen LogP contribution in [0.3, 0.4) is 0 Å². The second-order valence-corrected chi connectivity index (χ2v) is 4.02. The van der Waals surface area contributed by atoms with Gasteiger partial charge in [-0.15, -0.1) is 0 Å². The summed E-state index contributed by atoms with van der Waals surface area (Å²) in [5.74, 6) is -1.18. The van der Waals surface area contributed by atoms with Crippen LogP contribution in [-0.2, 0) is 3.83 Å². The molecule has 0 aliphatic heterocycles. The molecular weight excluding hydrogens is 227 g/mol. The van der Waals surface area contributed by atoms with Gasteiger partial charge in [-0.25, -0.2) is 0 Å². The van der Waals surface area contributed by atoms with Crippen molar-refractivity contribution in [2.24, 2.45) is 0 Å². The van der Waals surface area contributed by atoms with E-state index in [-0.39, 0.29) is 10.0 Å². The predicted octanol–water partition coefficient (Wildman–Crippen LogP) is -0.497. The van der Waals surface area contributed by atoms with Crippen molar-refractivity contribution in [3.63, 3.8) is 0 Å². The molecule has 0 spiro atoms. The van der Waals surface area contributed by atoms with Crippen LogP contribution in [0.1, 0.15) is 10.4 Å². The second-order valence-electron chi connectivity index (χ2n) is 2.05. The van der Waals surface area contributed by atoms with Crippen molar-refractivity contribution in [2.45, 2.75) is 0 Å². The van der Waals surface area contributed by atoms with Crippen LogP contribution < -0.4 is 4.46 Å². The summed E-state index contributed by atoms with van der Waals surface area (Å²) in [6, 6.07) is 5.71. The van der Waals surface area contributed by atoms with E-state index in [0.29, 0.717) is 0 Å². The van der Waals surface area contributed by atoms with Crippen LogP contribution in [0.25, 0.3) is 0 Å². The van der Waals surface area contributed by atoms with Gasteiger partial charge in [0.2, 0.25) is 0 Å². The molecule has 0 saturated heterocycles. The molecule has 0 aliphatic rings. The number of carboxylic acids is 1. The first-order valence-electron chi connectivity index (χ1n) is 3.06. The van der Waals surface area contributed by atoms with Crippen molar-refractivity contribution in [3.8, 4) is 0 Å². The van der Waals surface area contributed by atoms with Crippen LogP contribution in [0.4, 0.5) is 0 Å². The fraction of sp³-hybridized carbons (Fsp3) is 0. The topological polar surface area (TPSA) is 74.6 Å². The van der Waals surface area contributed by atoms with Crippen LogP contribution in [0.5, 0.6) is 0 Å². The minimum absolute atomic E-state index is 0.0185. The minimum atomic E-state index is -3.13. The molecule has 0 heterocycles. The molecule has 4 nitrogen and oxygen atoms in total. The van der Waals surface area contributed by atoms with E-state index in [1.54, 1.807) is 0 Å². The molecule has 0 aromatic heterocycles. The summed E-state index contributed by atoms with van der Waals surface area (Å²) in [7, 11) is 0. The maximum atomic E-state index is 10.7. The fourth-order valence-electron chi connectivity index (χ4n) is 0.796. The zero-order valence-corrected chi connectivity index (χ0v) is 7.64. The van der Waals surface area contributed by atoms with Gasteiger partial charge < -0.3 is 0 Å². The average Bonchev–Trinajstić information content (AvgIpc) is 2.04. The Hall–Kier alpha value is -1.03. The summed E-state index contributed by atoms with van der Waals surface area (Å²) in [5, 5.41) is 8.58. The van der Waals surface area contributed by atoms with Gasteiger partial charge in [-0.3, -0.25) is 0 Å². The Labute approximate surface area is 72.9 Å². The number of carbonyl (C=O) groups is 1. The van der Waals surface area contributed by atoms with Crippen LogP contribution in [0, 0.1) is 0 Å². The molecule has 1 aromatic carbocycles. The summed E-state index contributed by atoms with van der Waals surface area (Å²) >= 11 is -3.13. The van der Waals surface area contributed by atoms with Crippen molar-refractivity contribution < 1.29 is 17.9 Å². The van der Waals surface area contributed by atoms with Crippen molar-refractivity contribution in [2.75, 3.05) is 0 Å². The first kappa shape index (κ1) is 9.06. The Bertz CT molecular complexity index is 301. The van der Waals surface area contributed by atoms with Gasteiger partial charge in [0.05, 0.1) is 0 Å². The van der Waals surface area contributed by atoms with E-state index in [1.165, 1.54) is 24.3 Å². The molecule has 0 aliphatic carbocycles. The number of aromatic carboxylic acids is 1. The summed E-state index contributed by atoms with van der Waals surface area (Å²) in [6.45, 7) is 0. The Morgan fingerprint density at radius 3 is 2.33 bits per heavy atom. The maximum absolute atomic E-state index is 10.7. The molecule has 64 valence electrons. The predicted molar refractivity (Wildman–Crippen MR) is 41.7 cm³/mol. The van der Waals surface area contributed by atoms with Crippen LogP contribution in [-0.4, -0.2) is 29.4 Å². The molecule has 5 heteroatoms. The standard InChI is InChI=1S/C7H6O4Se/c8-7(9)5-3-1-2-4-6(5)12(10)11/h1-4H,(H,8,9)(H,10,11). The van der Waals surface area contributed by atoms with Gasteiger partial charge in [0.25, 0.3) is 0 Å². The number of benzene rings is 1. The summed E-state index contributed by atoms with van der Waals surface area (Å²) < 4.78 is 19.4. The SMILES string of the molecule is O=C(O)c1ccccc1[Se](=O)O. The first-order valence-corrected chi connectivity index (χ1v) is 5.38. The Kier molecular flexibility index (Phi) is 2.70. The molecule has 0 radical (unpaired) electrons. The van der Waals surface area contributed by atoms with Gasteiger partial charge in [-0.05, 0) is 0 Å². The number of carboxylic acid groups (broad SMARTS) is 1. The third-order valence-electron chi connectivity index (χ3n) is 1.31. The number of hydrogen-bond donors (Lipinski definition) is 2. The molecule has 0 bridgehead atoms. The molecule has 2 N–H and O–H groups in total. The van der Waals surface area contributed by atoms with Crippen LogP contribution >= 0.6 is 0 Å². The van der Waals surface area contributed by atoms with Gasteiger partial charge in [0, 0.05) is 0 Å². The van der Waals surface area contributed by atoms with Crippen molar-refractivity contribution in [3.05, 3.63) is 29.8 Å². The van der Waals surface area contributed by atoms with E-state index in [1.807, 2.05) is 0 Å². The van der Waals surface area contributed by atoms with Gasteiger partial charge >= 0.3 is 72.3 Å². The van der Waals surface area contributed by atoms with Gasteiger partial charge in [-0.1, -0.05) is 0 Å². The van der Waals surface area contributed by atoms with Crippen molar-refractivity contribution >= 4 is 24.6 Å². The molecule has 1 aromatic rings. The Morgan fingerprint density at radius 1 is 1.33 bits per heavy atom. The number of hydrogen-bond acceptors (Lipinski definition) is 2. The van der Waals surface area contributed by atoms with Gasteiger partial charge in [-0.2, -0.15) is 0 Å². The molecule has 0 amide bonds. The third-order valence-corrected chi connectivity index (χ3v) is 2.84. The molecule has 0 saturated carbocycles. The second kappa shape index (κ2) is 3.58. The quantitative estimate of drug-likeness (QED) is 0.675. The summed E-state index contributed by atoms with van der Waals surface area (Å²) in [4.78, 5) is 10.5. The molecule has 12 heavy (non-hydrogen) atoms. The van der Waals surface area contributed by atoms with Crippen LogP contribution in [0.15, 0.2) is 24.3 Å². The Balaban J connectivity index is 3.27. The molecular formula is C7H6O4Se. The average molecular weight is 233 g/mol. The van der Waals surface area contributed by atoms with Gasteiger partial charge in [0.15, 0.2) is 0 Å². The zero-order chi connectivity index (χ0) is 9.14. The van der Waals surface area contributed by atoms with E-state index in [4.69, 9.17) is 9.30 Å². The molecule has 1 atom stereocenters. The van der Waals surface area contributed by atoms with E-state index in [2.05, 4.69) is 0 Å². The van der Waals surface area contributed by atoms with E-state index >= 15 is 0 Å².